The summed E-state index contributed by atoms with van der Waals surface area (Å²) in [5, 5.41) is 11.8. The quantitative estimate of drug-likeness (QED) is 0.788. The van der Waals surface area contributed by atoms with Crippen LogP contribution >= 0.6 is 0 Å². The number of carboxylic acids is 1. The van der Waals surface area contributed by atoms with Crippen molar-refractivity contribution in [3.63, 3.8) is 0 Å². The van der Waals surface area contributed by atoms with Gasteiger partial charge in [-0.05, 0) is 31.6 Å². The summed E-state index contributed by atoms with van der Waals surface area (Å²) in [6, 6.07) is -0.888. The molecule has 0 aliphatic carbocycles. The fourth-order valence-electron chi connectivity index (χ4n) is 2.00. The lowest BCUT2D eigenvalue weighted by Gasteiger charge is -2.32. The van der Waals surface area contributed by atoms with E-state index in [1.54, 1.807) is 0 Å². The Bertz CT molecular complexity index is 279. The van der Waals surface area contributed by atoms with E-state index in [0.29, 0.717) is 25.4 Å². The molecule has 5 heteroatoms. The Labute approximate surface area is 102 Å². The number of piperidine rings is 1. The van der Waals surface area contributed by atoms with Gasteiger partial charge in [0.25, 0.3) is 0 Å². The Morgan fingerprint density at radius 2 is 2.12 bits per heavy atom. The van der Waals surface area contributed by atoms with Crippen molar-refractivity contribution < 1.29 is 14.7 Å². The van der Waals surface area contributed by atoms with Crippen LogP contribution in [0.5, 0.6) is 0 Å². The van der Waals surface area contributed by atoms with Crippen LogP contribution in [0.15, 0.2) is 0 Å². The lowest BCUT2D eigenvalue weighted by molar-refractivity contribution is -0.143. The predicted molar refractivity (Wildman–Crippen MR) is 64.8 cm³/mol. The van der Waals surface area contributed by atoms with Crippen LogP contribution in [-0.4, -0.2) is 41.1 Å². The van der Waals surface area contributed by atoms with Gasteiger partial charge in [-0.15, -0.1) is 0 Å². The molecule has 5 nitrogen and oxygen atoms in total. The summed E-state index contributed by atoms with van der Waals surface area (Å²) < 4.78 is 0. The van der Waals surface area contributed by atoms with Gasteiger partial charge >= 0.3 is 12.0 Å². The number of urea groups is 1. The number of aliphatic carboxylic acids is 1. The number of carboxylic acid groups (broad SMARTS) is 1. The highest BCUT2D eigenvalue weighted by molar-refractivity contribution is 5.82. The van der Waals surface area contributed by atoms with E-state index in [4.69, 9.17) is 5.11 Å². The maximum atomic E-state index is 11.8. The number of carbonyl (C=O) groups excluding carboxylic acids is 1. The van der Waals surface area contributed by atoms with E-state index in [1.165, 1.54) is 4.90 Å². The van der Waals surface area contributed by atoms with Crippen molar-refractivity contribution in [3.05, 3.63) is 0 Å². The van der Waals surface area contributed by atoms with Gasteiger partial charge in [0, 0.05) is 13.1 Å². The molecule has 17 heavy (non-hydrogen) atoms. The first-order valence-electron chi connectivity index (χ1n) is 6.29. The van der Waals surface area contributed by atoms with Gasteiger partial charge < -0.3 is 15.3 Å². The lowest BCUT2D eigenvalue weighted by Crippen LogP contribution is -2.52. The van der Waals surface area contributed by atoms with Crippen molar-refractivity contribution in [3.8, 4) is 0 Å². The monoisotopic (exact) mass is 242 g/mol. The highest BCUT2D eigenvalue weighted by atomic mass is 16.4. The highest BCUT2D eigenvalue weighted by Crippen LogP contribution is 2.17. The molecule has 0 bridgehead atoms. The molecule has 0 aromatic carbocycles. The van der Waals surface area contributed by atoms with Gasteiger partial charge in [-0.1, -0.05) is 13.8 Å². The molecular weight excluding hydrogens is 220 g/mol. The largest absolute Gasteiger partial charge is 0.480 e. The molecule has 0 saturated carbocycles. The van der Waals surface area contributed by atoms with Crippen molar-refractivity contribution in [2.24, 2.45) is 5.92 Å². The molecule has 1 fully saturated rings. The molecule has 0 spiro atoms. The second-order valence-electron chi connectivity index (χ2n) is 4.96. The molecule has 1 atom stereocenters. The Hall–Kier alpha value is -1.26. The summed E-state index contributed by atoms with van der Waals surface area (Å²) in [6.45, 7) is 5.34. The molecule has 1 saturated heterocycles. The van der Waals surface area contributed by atoms with E-state index >= 15 is 0 Å². The third-order valence-electron chi connectivity index (χ3n) is 3.05. The number of rotatable bonds is 4. The van der Waals surface area contributed by atoms with Crippen LogP contribution < -0.4 is 5.32 Å². The Kier molecular flexibility index (Phi) is 5.25. The smallest absolute Gasteiger partial charge is 0.326 e. The summed E-state index contributed by atoms with van der Waals surface area (Å²) in [5.74, 6) is -0.365. The van der Waals surface area contributed by atoms with Gasteiger partial charge in [0.05, 0.1) is 0 Å². The van der Waals surface area contributed by atoms with E-state index < -0.39 is 12.0 Å². The maximum Gasteiger partial charge on any atom is 0.326 e. The second-order valence-corrected chi connectivity index (χ2v) is 4.96. The zero-order chi connectivity index (χ0) is 12.8. The topological polar surface area (TPSA) is 69.6 Å². The standard InChI is InChI=1S/C12H22N2O3/c1-9(2)6-7-13-12(17)14-8-4-3-5-10(14)11(15)16/h9-10H,3-8H2,1-2H3,(H,13,17)(H,15,16). The Morgan fingerprint density at radius 3 is 2.71 bits per heavy atom. The summed E-state index contributed by atoms with van der Waals surface area (Å²) in [4.78, 5) is 24.3. The van der Waals surface area contributed by atoms with E-state index in [9.17, 15) is 9.59 Å². The normalized spacial score (nSPS) is 20.4. The number of nitrogens with zero attached hydrogens (tertiary/aromatic N) is 1. The number of carbonyl (C=O) groups is 2. The van der Waals surface area contributed by atoms with Gasteiger partial charge in [-0.3, -0.25) is 0 Å². The number of hydrogen-bond acceptors (Lipinski definition) is 2. The minimum Gasteiger partial charge on any atom is -0.480 e. The van der Waals surface area contributed by atoms with Gasteiger partial charge in [-0.25, -0.2) is 9.59 Å². The first kappa shape index (κ1) is 13.8. The highest BCUT2D eigenvalue weighted by Gasteiger charge is 2.31. The van der Waals surface area contributed by atoms with Crippen LogP contribution in [0, 0.1) is 5.92 Å². The number of amides is 2. The van der Waals surface area contributed by atoms with Crippen LogP contribution in [0.3, 0.4) is 0 Å². The number of nitrogens with one attached hydrogen (secondary N) is 1. The second kappa shape index (κ2) is 6.47. The fourth-order valence-corrected chi connectivity index (χ4v) is 2.00. The zero-order valence-corrected chi connectivity index (χ0v) is 10.6. The fraction of sp³-hybridized carbons (Fsp3) is 0.833. The van der Waals surface area contributed by atoms with Crippen LogP contribution in [-0.2, 0) is 4.79 Å². The third-order valence-corrected chi connectivity index (χ3v) is 3.05. The Morgan fingerprint density at radius 1 is 1.41 bits per heavy atom. The minimum atomic E-state index is -0.899. The molecule has 0 aromatic rings. The average Bonchev–Trinajstić information content (AvgIpc) is 2.28. The van der Waals surface area contributed by atoms with Crippen molar-refractivity contribution in [1.82, 2.24) is 10.2 Å². The van der Waals surface area contributed by atoms with Gasteiger partial charge in [-0.2, -0.15) is 0 Å². The molecule has 98 valence electrons. The van der Waals surface area contributed by atoms with Crippen LogP contribution in [0.1, 0.15) is 39.5 Å². The maximum absolute atomic E-state index is 11.8. The van der Waals surface area contributed by atoms with Crippen molar-refractivity contribution >= 4 is 12.0 Å². The van der Waals surface area contributed by atoms with Crippen LogP contribution in [0.2, 0.25) is 0 Å². The summed E-state index contributed by atoms with van der Waals surface area (Å²) in [6.07, 6.45) is 3.25. The zero-order valence-electron chi connectivity index (χ0n) is 10.6. The molecule has 1 rings (SSSR count). The van der Waals surface area contributed by atoms with Crippen molar-refractivity contribution in [2.75, 3.05) is 13.1 Å². The molecule has 0 aromatic heterocycles. The summed E-state index contributed by atoms with van der Waals surface area (Å²) >= 11 is 0. The van der Waals surface area contributed by atoms with E-state index in [1.807, 2.05) is 0 Å². The molecule has 2 N–H and O–H groups in total. The predicted octanol–water partition coefficient (Wildman–Crippen LogP) is 1.68. The van der Waals surface area contributed by atoms with Crippen molar-refractivity contribution in [1.29, 1.82) is 0 Å². The van der Waals surface area contributed by atoms with Crippen molar-refractivity contribution in [2.45, 2.75) is 45.6 Å². The minimum absolute atomic E-state index is 0.238. The SMILES string of the molecule is CC(C)CCNC(=O)N1CCCCC1C(=O)O. The third kappa shape index (κ3) is 4.24. The van der Waals surface area contributed by atoms with Gasteiger partial charge in [0.15, 0.2) is 0 Å². The van der Waals surface area contributed by atoms with Crippen LogP contribution in [0.25, 0.3) is 0 Å². The van der Waals surface area contributed by atoms with E-state index in [0.717, 1.165) is 19.3 Å². The summed E-state index contributed by atoms with van der Waals surface area (Å²) in [7, 11) is 0. The summed E-state index contributed by atoms with van der Waals surface area (Å²) in [5.41, 5.74) is 0. The van der Waals surface area contributed by atoms with Gasteiger partial charge in [0.2, 0.25) is 0 Å². The molecule has 1 aliphatic rings. The number of likely N-dealkylation sites (tertiary alicyclic amines) is 1. The Balaban J connectivity index is 2.45. The molecule has 1 aliphatic heterocycles. The molecule has 1 unspecified atom stereocenters. The first-order valence-corrected chi connectivity index (χ1v) is 6.29. The van der Waals surface area contributed by atoms with E-state index in [-0.39, 0.29) is 6.03 Å². The van der Waals surface area contributed by atoms with Gasteiger partial charge in [0.1, 0.15) is 6.04 Å². The van der Waals surface area contributed by atoms with Crippen LogP contribution in [0.4, 0.5) is 4.79 Å². The lowest BCUT2D eigenvalue weighted by atomic mass is 10.0. The molecule has 1 heterocycles. The molecular formula is C12H22N2O3. The van der Waals surface area contributed by atoms with E-state index in [2.05, 4.69) is 19.2 Å². The first-order chi connectivity index (χ1) is 8.02. The molecule has 0 radical (unpaired) electrons. The average molecular weight is 242 g/mol. The number of hydrogen-bond donors (Lipinski definition) is 2. The molecule has 2 amide bonds.